The van der Waals surface area contributed by atoms with Crippen LogP contribution in [0.25, 0.3) is 5.57 Å². The number of ether oxygens (including phenoxy) is 2. The number of methoxy groups -OCH3 is 1. The zero-order valence-electron chi connectivity index (χ0n) is 18.8. The second-order valence-electron chi connectivity index (χ2n) is 8.35. The Labute approximate surface area is 195 Å². The molecule has 1 N–H and O–H groups in total. The maximum atomic E-state index is 9.17. The average Bonchev–Trinajstić information content (AvgIpc) is 3.10. The fraction of sp³-hybridized carbons (Fsp3) is 0.200. The summed E-state index contributed by atoms with van der Waals surface area (Å²) in [6.07, 6.45) is 18.9. The molecule has 0 radical (unpaired) electrons. The van der Waals surface area contributed by atoms with Crippen LogP contribution in [-0.4, -0.2) is 25.4 Å². The van der Waals surface area contributed by atoms with Gasteiger partial charge in [-0.3, -0.25) is 0 Å². The Morgan fingerprint density at radius 1 is 0.909 bits per heavy atom. The molecule has 0 amide bonds. The van der Waals surface area contributed by atoms with Gasteiger partial charge in [0.2, 0.25) is 0 Å². The van der Waals surface area contributed by atoms with Crippen LogP contribution in [-0.2, 0) is 10.2 Å². The van der Waals surface area contributed by atoms with E-state index in [9.17, 15) is 0 Å². The highest BCUT2D eigenvalue weighted by Gasteiger charge is 2.47. The van der Waals surface area contributed by atoms with Gasteiger partial charge in [-0.1, -0.05) is 72.9 Å². The Kier molecular flexibility index (Phi) is 5.89. The second kappa shape index (κ2) is 9.13. The monoisotopic (exact) mass is 436 g/mol. The minimum atomic E-state index is -0.384. The van der Waals surface area contributed by atoms with Gasteiger partial charge in [0.25, 0.3) is 0 Å². The highest BCUT2D eigenvalue weighted by atomic mass is 16.5. The fourth-order valence-electron chi connectivity index (χ4n) is 5.31. The molecule has 0 saturated carbocycles. The summed E-state index contributed by atoms with van der Waals surface area (Å²) in [6.45, 7) is 0.288. The van der Waals surface area contributed by atoms with E-state index in [1.165, 1.54) is 33.4 Å². The Balaban J connectivity index is 1.77. The van der Waals surface area contributed by atoms with E-state index in [4.69, 9.17) is 14.6 Å². The Morgan fingerprint density at radius 3 is 2.58 bits per heavy atom. The van der Waals surface area contributed by atoms with Gasteiger partial charge < -0.3 is 14.6 Å². The molecule has 2 aromatic rings. The molecule has 3 aliphatic rings. The lowest BCUT2D eigenvalue weighted by Crippen LogP contribution is -2.31. The molecule has 0 saturated heterocycles. The molecule has 33 heavy (non-hydrogen) atoms. The molecule has 3 aliphatic carbocycles. The summed E-state index contributed by atoms with van der Waals surface area (Å²) >= 11 is 0. The molecule has 0 bridgehead atoms. The van der Waals surface area contributed by atoms with Crippen LogP contribution in [0, 0.1) is 0 Å². The van der Waals surface area contributed by atoms with E-state index in [1.54, 1.807) is 7.11 Å². The van der Waals surface area contributed by atoms with Crippen molar-refractivity contribution in [2.24, 2.45) is 0 Å². The lowest BCUT2D eigenvalue weighted by atomic mass is 9.64. The number of aliphatic hydroxyl groups is 1. The lowest BCUT2D eigenvalue weighted by Gasteiger charge is -2.37. The summed E-state index contributed by atoms with van der Waals surface area (Å²) in [6, 6.07) is 17.3. The number of fused-ring (bicyclic) bond motifs is 2. The molecule has 166 valence electrons. The normalized spacial score (nSPS) is 21.0. The molecule has 0 aliphatic heterocycles. The minimum Gasteiger partial charge on any atom is -0.497 e. The van der Waals surface area contributed by atoms with Crippen molar-refractivity contribution in [3.05, 3.63) is 131 Å². The number of allylic oxidation sites excluding steroid dienone is 11. The van der Waals surface area contributed by atoms with Crippen molar-refractivity contribution < 1.29 is 14.6 Å². The molecular weight excluding hydrogens is 408 g/mol. The minimum absolute atomic E-state index is 0.000171. The van der Waals surface area contributed by atoms with Crippen molar-refractivity contribution in [1.29, 1.82) is 0 Å². The zero-order chi connectivity index (χ0) is 22.7. The topological polar surface area (TPSA) is 38.7 Å². The molecule has 0 aromatic heterocycles. The first-order valence-electron chi connectivity index (χ1n) is 11.4. The highest BCUT2D eigenvalue weighted by Crippen LogP contribution is 2.57. The third-order valence-electron chi connectivity index (χ3n) is 6.66. The number of aliphatic hydroxyl groups excluding tert-OH is 1. The van der Waals surface area contributed by atoms with Crippen LogP contribution < -0.4 is 4.74 Å². The maximum Gasteiger partial charge on any atom is 0.119 e. The van der Waals surface area contributed by atoms with E-state index in [0.717, 1.165) is 24.4 Å². The van der Waals surface area contributed by atoms with Crippen molar-refractivity contribution in [3.8, 4) is 5.75 Å². The molecule has 5 rings (SSSR count). The van der Waals surface area contributed by atoms with Gasteiger partial charge in [-0.05, 0) is 70.5 Å². The first-order chi connectivity index (χ1) is 16.3. The van der Waals surface area contributed by atoms with Crippen LogP contribution in [0.2, 0.25) is 0 Å². The zero-order valence-corrected chi connectivity index (χ0v) is 18.8. The van der Waals surface area contributed by atoms with Crippen molar-refractivity contribution in [3.63, 3.8) is 0 Å². The summed E-state index contributed by atoms with van der Waals surface area (Å²) in [5.74, 6) is 1.62. The van der Waals surface area contributed by atoms with Crippen molar-refractivity contribution in [2.45, 2.75) is 18.3 Å². The van der Waals surface area contributed by atoms with Gasteiger partial charge in [-0.2, -0.15) is 0 Å². The first kappa shape index (κ1) is 21.3. The van der Waals surface area contributed by atoms with Gasteiger partial charge in [0.1, 0.15) is 18.1 Å². The third kappa shape index (κ3) is 3.59. The van der Waals surface area contributed by atoms with E-state index >= 15 is 0 Å². The molecule has 0 fully saturated rings. The first-order valence-corrected chi connectivity index (χ1v) is 11.4. The van der Waals surface area contributed by atoms with Crippen LogP contribution in [0.3, 0.4) is 0 Å². The van der Waals surface area contributed by atoms with Crippen LogP contribution >= 0.6 is 0 Å². The standard InChI is InChI=1S/C30H28O3/c1-32-24-17-14-23(15-18-24)30(22-8-7-9-25(19-16-22)33-21-20-31)28-12-4-2-3-10-26(28)27-11-5-6-13-29(27)30/h2-7,9-11,13-19,31H,8,12,20-21H2,1H3. The molecule has 3 nitrogen and oxygen atoms in total. The Morgan fingerprint density at radius 2 is 1.76 bits per heavy atom. The second-order valence-corrected chi connectivity index (χ2v) is 8.35. The van der Waals surface area contributed by atoms with Gasteiger partial charge in [0.05, 0.1) is 19.1 Å². The maximum absolute atomic E-state index is 9.17. The lowest BCUT2D eigenvalue weighted by molar-refractivity contribution is 0.152. The van der Waals surface area contributed by atoms with E-state index in [-0.39, 0.29) is 18.6 Å². The average molecular weight is 437 g/mol. The SMILES string of the molecule is COc1ccc(C2(C3=CC=C(OCCO)C=CC3)C3=C(C=CC=CC3)c3ccccc32)cc1. The van der Waals surface area contributed by atoms with Crippen LogP contribution in [0.1, 0.15) is 29.5 Å². The van der Waals surface area contributed by atoms with E-state index < -0.39 is 0 Å². The summed E-state index contributed by atoms with van der Waals surface area (Å²) in [7, 11) is 1.70. The Bertz CT molecular complexity index is 1220. The summed E-state index contributed by atoms with van der Waals surface area (Å²) in [4.78, 5) is 0. The summed E-state index contributed by atoms with van der Waals surface area (Å²) < 4.78 is 11.2. The van der Waals surface area contributed by atoms with E-state index in [0.29, 0.717) is 0 Å². The van der Waals surface area contributed by atoms with Crippen LogP contribution in [0.5, 0.6) is 5.75 Å². The molecule has 2 aromatic carbocycles. The largest absolute Gasteiger partial charge is 0.497 e. The Hall–Kier alpha value is -3.56. The van der Waals surface area contributed by atoms with Crippen molar-refractivity contribution >= 4 is 5.57 Å². The van der Waals surface area contributed by atoms with Crippen molar-refractivity contribution in [2.75, 3.05) is 20.3 Å². The number of hydrogen-bond acceptors (Lipinski definition) is 3. The molecule has 0 spiro atoms. The third-order valence-corrected chi connectivity index (χ3v) is 6.66. The predicted octanol–water partition coefficient (Wildman–Crippen LogP) is 6.04. The number of rotatable bonds is 6. The van der Waals surface area contributed by atoms with E-state index in [1.807, 2.05) is 12.2 Å². The summed E-state index contributed by atoms with van der Waals surface area (Å²) in [5.41, 5.74) is 7.45. The quantitative estimate of drug-likeness (QED) is 0.600. The fourth-order valence-corrected chi connectivity index (χ4v) is 5.31. The van der Waals surface area contributed by atoms with E-state index in [2.05, 4.69) is 85.0 Å². The van der Waals surface area contributed by atoms with Gasteiger partial charge in [0.15, 0.2) is 0 Å². The predicted molar refractivity (Wildman–Crippen MR) is 133 cm³/mol. The van der Waals surface area contributed by atoms with Crippen LogP contribution in [0.4, 0.5) is 0 Å². The van der Waals surface area contributed by atoms with Gasteiger partial charge in [-0.25, -0.2) is 0 Å². The molecule has 3 heteroatoms. The molecule has 0 heterocycles. The van der Waals surface area contributed by atoms with Gasteiger partial charge in [0, 0.05) is 0 Å². The van der Waals surface area contributed by atoms with Crippen LogP contribution in [0.15, 0.2) is 114 Å². The molecule has 1 atom stereocenters. The summed E-state index contributed by atoms with van der Waals surface area (Å²) in [5, 5.41) is 9.17. The molecular formula is C30H28O3. The number of benzene rings is 2. The number of hydrogen-bond donors (Lipinski definition) is 1. The van der Waals surface area contributed by atoms with Gasteiger partial charge in [-0.15, -0.1) is 0 Å². The smallest absolute Gasteiger partial charge is 0.119 e. The highest BCUT2D eigenvalue weighted by molar-refractivity contribution is 5.90. The van der Waals surface area contributed by atoms with Crippen molar-refractivity contribution in [1.82, 2.24) is 0 Å². The van der Waals surface area contributed by atoms with Gasteiger partial charge >= 0.3 is 0 Å². The molecule has 1 unspecified atom stereocenters.